The van der Waals surface area contributed by atoms with Crippen molar-refractivity contribution in [1.29, 1.82) is 0 Å². The number of hydrogen-bond donors (Lipinski definition) is 2. The van der Waals surface area contributed by atoms with E-state index in [1.54, 1.807) is 31.2 Å². The zero-order chi connectivity index (χ0) is 33.3. The lowest BCUT2D eigenvalue weighted by atomic mass is 9.98. The first-order chi connectivity index (χ1) is 22.5. The van der Waals surface area contributed by atoms with Gasteiger partial charge < -0.3 is 28.6 Å². The molecule has 47 heavy (non-hydrogen) atoms. The molecule has 4 aromatic rings. The largest absolute Gasteiger partial charge is 0.479 e. The average Bonchev–Trinajstić information content (AvgIpc) is 3.57. The minimum atomic E-state index is -4.43. The third-order valence-corrected chi connectivity index (χ3v) is 9.80. The number of ether oxygens (including phenoxy) is 4. The number of benzene rings is 2. The first kappa shape index (κ1) is 33.2. The standard InChI is InChI=1S/C31H37FN5O9P/c1-18(29(38)44-21-12-14-42-15-13-21)36-47(40,46-23-11-7-9-20-8-5-6-10-22(20)23)43-16-24-26(32)31(3,39)30(45-24)37-17-33-25-27(37)34-19(2)35-28(25)41-4/h5-11,17-18,21,24,26,30,39H,12-16H2,1-4H3,(H,36,40)/t18-,24+,26+,30+,31+,47?/m0/s1. The van der Waals surface area contributed by atoms with E-state index in [0.717, 1.165) is 5.39 Å². The first-order valence-electron chi connectivity index (χ1n) is 15.2. The summed E-state index contributed by atoms with van der Waals surface area (Å²) in [6.07, 6.45) is -2.62. The van der Waals surface area contributed by atoms with Gasteiger partial charge in [-0.15, -0.1) is 0 Å². The fraction of sp³-hybridized carbons (Fsp3) is 0.484. The van der Waals surface area contributed by atoms with Crippen molar-refractivity contribution in [3.63, 3.8) is 0 Å². The molecule has 2 N–H and O–H groups in total. The molecule has 2 aromatic heterocycles. The predicted molar refractivity (Wildman–Crippen MR) is 167 cm³/mol. The molecular weight excluding hydrogens is 636 g/mol. The van der Waals surface area contributed by atoms with E-state index in [4.69, 9.17) is 28.0 Å². The number of imidazole rings is 1. The molecule has 4 heterocycles. The fourth-order valence-corrected chi connectivity index (χ4v) is 7.20. The van der Waals surface area contributed by atoms with Gasteiger partial charge >= 0.3 is 13.7 Å². The summed E-state index contributed by atoms with van der Waals surface area (Å²) in [5, 5.41) is 15.4. The van der Waals surface area contributed by atoms with Crippen LogP contribution in [-0.2, 0) is 28.1 Å². The highest BCUT2D eigenvalue weighted by Crippen LogP contribution is 2.49. The zero-order valence-corrected chi connectivity index (χ0v) is 27.3. The number of fused-ring (bicyclic) bond motifs is 2. The summed E-state index contributed by atoms with van der Waals surface area (Å²) in [4.78, 5) is 25.9. The summed E-state index contributed by atoms with van der Waals surface area (Å²) in [6, 6.07) is 11.4. The minimum Gasteiger partial charge on any atom is -0.479 e. The molecule has 0 radical (unpaired) electrons. The van der Waals surface area contributed by atoms with Crippen molar-refractivity contribution in [2.45, 2.75) is 69.9 Å². The van der Waals surface area contributed by atoms with Gasteiger partial charge in [-0.05, 0) is 32.2 Å². The van der Waals surface area contributed by atoms with E-state index in [1.807, 2.05) is 18.2 Å². The number of aryl methyl sites for hydroxylation is 1. The number of aromatic nitrogens is 4. The van der Waals surface area contributed by atoms with Crippen LogP contribution in [0.15, 0.2) is 48.8 Å². The summed E-state index contributed by atoms with van der Waals surface area (Å²) in [5.41, 5.74) is -1.52. The van der Waals surface area contributed by atoms with Crippen LogP contribution in [0.3, 0.4) is 0 Å². The highest BCUT2D eigenvalue weighted by Gasteiger charge is 2.55. The van der Waals surface area contributed by atoms with Crippen LogP contribution >= 0.6 is 7.75 Å². The van der Waals surface area contributed by atoms with Crippen LogP contribution in [-0.4, -0.2) is 87.5 Å². The van der Waals surface area contributed by atoms with Crippen molar-refractivity contribution in [1.82, 2.24) is 24.6 Å². The number of nitrogens with one attached hydrogen (secondary N) is 1. The number of esters is 1. The molecule has 6 atom stereocenters. The van der Waals surface area contributed by atoms with E-state index in [1.165, 1.54) is 31.9 Å². The van der Waals surface area contributed by atoms with Gasteiger partial charge in [-0.3, -0.25) is 13.9 Å². The van der Waals surface area contributed by atoms with Gasteiger partial charge in [-0.25, -0.2) is 18.9 Å². The zero-order valence-electron chi connectivity index (χ0n) is 26.4. The lowest BCUT2D eigenvalue weighted by Gasteiger charge is -2.27. The van der Waals surface area contributed by atoms with E-state index >= 15 is 4.39 Å². The lowest BCUT2D eigenvalue weighted by Crippen LogP contribution is -2.42. The number of methoxy groups -OCH3 is 1. The van der Waals surface area contributed by atoms with Crippen molar-refractivity contribution in [3.8, 4) is 11.6 Å². The number of hydrogen-bond acceptors (Lipinski definition) is 12. The van der Waals surface area contributed by atoms with Gasteiger partial charge in [0.2, 0.25) is 5.88 Å². The highest BCUT2D eigenvalue weighted by atomic mass is 31.2. The number of alkyl halides is 1. The second-order valence-corrected chi connectivity index (χ2v) is 13.4. The van der Waals surface area contributed by atoms with Crippen molar-refractivity contribution in [2.75, 3.05) is 26.9 Å². The molecule has 0 aliphatic carbocycles. The maximum Gasteiger partial charge on any atom is 0.459 e. The Hall–Kier alpha value is -3.72. The van der Waals surface area contributed by atoms with Crippen LogP contribution < -0.4 is 14.3 Å². The predicted octanol–water partition coefficient (Wildman–Crippen LogP) is 4.19. The first-order valence-corrected chi connectivity index (χ1v) is 16.8. The summed E-state index contributed by atoms with van der Waals surface area (Å²) >= 11 is 0. The van der Waals surface area contributed by atoms with Crippen molar-refractivity contribution in [2.24, 2.45) is 0 Å². The van der Waals surface area contributed by atoms with Crippen LogP contribution in [0.25, 0.3) is 21.9 Å². The van der Waals surface area contributed by atoms with Gasteiger partial charge in [0.1, 0.15) is 35.4 Å². The number of rotatable bonds is 11. The van der Waals surface area contributed by atoms with E-state index in [2.05, 4.69) is 20.0 Å². The molecule has 0 spiro atoms. The lowest BCUT2D eigenvalue weighted by molar-refractivity contribution is -0.154. The molecule has 2 fully saturated rings. The van der Waals surface area contributed by atoms with Crippen molar-refractivity contribution < 1.29 is 46.9 Å². The molecule has 0 amide bonds. The van der Waals surface area contributed by atoms with E-state index in [0.29, 0.717) is 42.8 Å². The average molecular weight is 674 g/mol. The third-order valence-electron chi connectivity index (χ3n) is 8.17. The van der Waals surface area contributed by atoms with Gasteiger partial charge in [0.25, 0.3) is 0 Å². The molecule has 0 saturated carbocycles. The summed E-state index contributed by atoms with van der Waals surface area (Å²) in [5.74, 6) is 0.132. The highest BCUT2D eigenvalue weighted by molar-refractivity contribution is 7.52. The van der Waals surface area contributed by atoms with Crippen LogP contribution in [0, 0.1) is 6.92 Å². The maximum absolute atomic E-state index is 15.9. The van der Waals surface area contributed by atoms with Gasteiger partial charge in [-0.2, -0.15) is 10.1 Å². The SMILES string of the molecule is COc1nc(C)nc2c1ncn2[C@@H]1O[C@H](COP(=O)(N[C@@H](C)C(=O)OC2CCOCC2)Oc2cccc3ccccc23)[C@@H](F)[C@@]1(C)O. The van der Waals surface area contributed by atoms with Crippen LogP contribution in [0.1, 0.15) is 38.7 Å². The third kappa shape index (κ3) is 6.82. The van der Waals surface area contributed by atoms with Crippen LogP contribution in [0.4, 0.5) is 4.39 Å². The molecule has 252 valence electrons. The van der Waals surface area contributed by atoms with Crippen molar-refractivity contribution in [3.05, 3.63) is 54.6 Å². The quantitative estimate of drug-likeness (QED) is 0.172. The molecule has 1 unspecified atom stereocenters. The number of carbonyl (C=O) groups excluding carboxylic acids is 1. The number of carbonyl (C=O) groups is 1. The van der Waals surface area contributed by atoms with Gasteiger partial charge in [0.05, 0.1) is 33.3 Å². The summed E-state index contributed by atoms with van der Waals surface area (Å²) in [6.45, 7) is 4.72. The van der Waals surface area contributed by atoms with E-state index in [-0.39, 0.29) is 23.4 Å². The van der Waals surface area contributed by atoms with Gasteiger partial charge in [-0.1, -0.05) is 36.4 Å². The maximum atomic E-state index is 15.9. The van der Waals surface area contributed by atoms with E-state index in [9.17, 15) is 14.5 Å². The second-order valence-electron chi connectivity index (χ2n) is 11.7. The monoisotopic (exact) mass is 673 g/mol. The van der Waals surface area contributed by atoms with Gasteiger partial charge in [0.15, 0.2) is 23.6 Å². The molecule has 16 heteroatoms. The Morgan fingerprint density at radius 2 is 1.96 bits per heavy atom. The molecule has 2 saturated heterocycles. The Morgan fingerprint density at radius 3 is 2.72 bits per heavy atom. The Balaban J connectivity index is 1.24. The fourth-order valence-electron chi connectivity index (χ4n) is 5.68. The normalized spacial score (nSPS) is 25.4. The Kier molecular flexibility index (Phi) is 9.47. The summed E-state index contributed by atoms with van der Waals surface area (Å²) in [7, 11) is -2.99. The Labute approximate surface area is 270 Å². The van der Waals surface area contributed by atoms with Crippen LogP contribution in [0.2, 0.25) is 0 Å². The van der Waals surface area contributed by atoms with Gasteiger partial charge in [0, 0.05) is 18.2 Å². The van der Waals surface area contributed by atoms with Crippen LogP contribution in [0.5, 0.6) is 11.6 Å². The topological polar surface area (TPSA) is 165 Å². The minimum absolute atomic E-state index is 0.211. The summed E-state index contributed by atoms with van der Waals surface area (Å²) < 4.78 is 65.7. The smallest absolute Gasteiger partial charge is 0.459 e. The molecule has 14 nitrogen and oxygen atoms in total. The van der Waals surface area contributed by atoms with Crippen molar-refractivity contribution >= 4 is 35.7 Å². The molecule has 2 aliphatic heterocycles. The number of nitrogens with zero attached hydrogens (tertiary/aromatic N) is 4. The molecular formula is C31H37FN5O9P. The molecule has 0 bridgehead atoms. The number of aliphatic hydroxyl groups is 1. The van der Waals surface area contributed by atoms with E-state index < -0.39 is 50.5 Å². The molecule has 2 aliphatic rings. The molecule has 6 rings (SSSR count). The molecule has 2 aromatic carbocycles. The second kappa shape index (κ2) is 13.4. The number of halogens is 1. The Morgan fingerprint density at radius 1 is 1.21 bits per heavy atom. The Bertz CT molecular complexity index is 1790.